The number of nitrogens with one attached hydrogen (secondary N) is 13. The largest absolute Gasteiger partial charge is 0.357 e. The average molecular weight is 926 g/mol. The van der Waals surface area contributed by atoms with Crippen LogP contribution < -0.4 is 69.1 Å². The Hall–Kier alpha value is -6.89. The van der Waals surface area contributed by atoms with Crippen molar-refractivity contribution in [1.29, 1.82) is 0 Å². The molecule has 26 nitrogen and oxygen atoms in total. The van der Waals surface area contributed by atoms with Crippen LogP contribution in [0.15, 0.2) is 0 Å². The van der Waals surface area contributed by atoms with Crippen molar-refractivity contribution < 1.29 is 62.3 Å². The molecule has 13 N–H and O–H groups in total. The van der Waals surface area contributed by atoms with Crippen LogP contribution in [0.2, 0.25) is 0 Å². The zero-order valence-corrected chi connectivity index (χ0v) is 39.2. The molecule has 0 unspecified atom stereocenters. The van der Waals surface area contributed by atoms with Gasteiger partial charge in [-0.1, -0.05) is 0 Å². The Labute approximate surface area is 377 Å². The second-order valence-electron chi connectivity index (χ2n) is 15.6. The number of likely N-dealkylation sites (N-methyl/N-ethyl adjacent to an activating group) is 1. The average Bonchev–Trinajstić information content (AvgIpc) is 3.21. The fourth-order valence-electron chi connectivity index (χ4n) is 5.03. The van der Waals surface area contributed by atoms with Gasteiger partial charge in [-0.15, -0.1) is 0 Å². The van der Waals surface area contributed by atoms with E-state index in [1.54, 1.807) is 0 Å². The van der Waals surface area contributed by atoms with Gasteiger partial charge in [-0.05, 0) is 83.1 Å². The Balaban J connectivity index is 4.93. The quantitative estimate of drug-likeness (QED) is 0.0429. The van der Waals surface area contributed by atoms with E-state index in [1.807, 2.05) is 0 Å². The summed E-state index contributed by atoms with van der Waals surface area (Å²) < 4.78 is 0. The highest BCUT2D eigenvalue weighted by atomic mass is 16.2. The van der Waals surface area contributed by atoms with Gasteiger partial charge in [-0.2, -0.15) is 0 Å². The highest BCUT2D eigenvalue weighted by molar-refractivity contribution is 5.99. The summed E-state index contributed by atoms with van der Waals surface area (Å²) in [6.45, 7) is 17.4. The number of amides is 13. The van der Waals surface area contributed by atoms with Crippen molar-refractivity contribution in [2.75, 3.05) is 7.05 Å². The minimum atomic E-state index is -1.22. The van der Waals surface area contributed by atoms with Crippen LogP contribution in [0.25, 0.3) is 0 Å². The van der Waals surface area contributed by atoms with E-state index < -0.39 is 149 Å². The lowest BCUT2D eigenvalue weighted by atomic mass is 10.2. The third kappa shape index (κ3) is 20.9. The topological polar surface area (TPSA) is 378 Å². The zero-order valence-electron chi connectivity index (χ0n) is 39.2. The SMILES string of the molecule is CNC(=O)[C@H](C)NC(=O)[C@H](C)NC(=O)[C@H](C)NC(=O)[C@H](C)NC(=O)[C@H](C)NC(=O)[C@H](C)NC(=O)[C@H](C)NC(=O)[C@H](C)NC(=O)[C@H](C)NC(=O)[C@H](C)NC(=O)[C@H](C)NC(=O)[C@H](C)NC(C)=O. The standard InChI is InChI=1S/C39H67N13O13/c1-15(28(54)40-14)42-30(56)17(3)44-32(58)19(5)46-34(60)21(7)48-36(62)23(9)50-38(64)25(11)52-39(65)26(12)51-37(63)24(10)49-35(61)22(8)47-33(59)20(6)45-31(57)18(4)43-29(55)16(2)41-27(13)53/h15-26H,1-14H3,(H,40,54)(H,41,53)(H,42,56)(H,43,55)(H,44,58)(H,45,57)(H,46,60)(H,47,59)(H,48,62)(H,49,61)(H,50,64)(H,51,63)(H,52,65)/t15-,16-,17-,18-,19-,20-,21-,22-,23-,24-,25-,26-/m0/s1. The fourth-order valence-corrected chi connectivity index (χ4v) is 5.03. The number of carbonyl (C=O) groups excluding carboxylic acids is 13. The number of rotatable bonds is 24. The Kier molecular flexibility index (Phi) is 24.4. The first-order chi connectivity index (χ1) is 29.9. The maximum atomic E-state index is 12.8. The van der Waals surface area contributed by atoms with Gasteiger partial charge in [-0.25, -0.2) is 0 Å². The summed E-state index contributed by atoms with van der Waals surface area (Å²) in [4.78, 5) is 162. The van der Waals surface area contributed by atoms with Crippen LogP contribution in [-0.4, -0.2) is 156 Å². The van der Waals surface area contributed by atoms with Crippen LogP contribution in [0.4, 0.5) is 0 Å². The monoisotopic (exact) mass is 925 g/mol. The van der Waals surface area contributed by atoms with Gasteiger partial charge in [0, 0.05) is 14.0 Å². The zero-order chi connectivity index (χ0) is 50.6. The van der Waals surface area contributed by atoms with Crippen LogP contribution >= 0.6 is 0 Å². The van der Waals surface area contributed by atoms with E-state index >= 15 is 0 Å². The molecular formula is C39H67N13O13. The Morgan fingerprint density at radius 1 is 0.215 bits per heavy atom. The van der Waals surface area contributed by atoms with Gasteiger partial charge in [0.25, 0.3) is 0 Å². The summed E-state index contributed by atoms with van der Waals surface area (Å²) in [6.07, 6.45) is 0. The molecule has 0 aromatic carbocycles. The molecular weight excluding hydrogens is 859 g/mol. The summed E-state index contributed by atoms with van der Waals surface area (Å²) >= 11 is 0. The highest BCUT2D eigenvalue weighted by Crippen LogP contribution is 1.97. The predicted octanol–water partition coefficient (Wildman–Crippen LogP) is -6.19. The van der Waals surface area contributed by atoms with Gasteiger partial charge in [0.1, 0.15) is 72.5 Å². The normalized spacial score (nSPS) is 16.2. The molecule has 65 heavy (non-hydrogen) atoms. The molecule has 0 bridgehead atoms. The first-order valence-electron chi connectivity index (χ1n) is 20.8. The smallest absolute Gasteiger partial charge is 0.242 e. The molecule has 0 fully saturated rings. The predicted molar refractivity (Wildman–Crippen MR) is 231 cm³/mol. The van der Waals surface area contributed by atoms with Gasteiger partial charge in [0.2, 0.25) is 76.8 Å². The molecule has 0 rings (SSSR count). The van der Waals surface area contributed by atoms with Gasteiger partial charge in [0.05, 0.1) is 0 Å². The molecule has 366 valence electrons. The van der Waals surface area contributed by atoms with Crippen molar-refractivity contribution in [2.45, 2.75) is 163 Å². The highest BCUT2D eigenvalue weighted by Gasteiger charge is 2.30. The summed E-state index contributed by atoms with van der Waals surface area (Å²) in [5.74, 6) is -9.11. The number of carbonyl (C=O) groups is 13. The Morgan fingerprint density at radius 2 is 0.323 bits per heavy atom. The summed E-state index contributed by atoms with van der Waals surface area (Å²) in [6, 6.07) is -13.4. The van der Waals surface area contributed by atoms with Crippen molar-refractivity contribution in [3.8, 4) is 0 Å². The Bertz CT molecular complexity index is 1810. The second-order valence-corrected chi connectivity index (χ2v) is 15.6. The first-order valence-corrected chi connectivity index (χ1v) is 20.8. The van der Waals surface area contributed by atoms with E-state index in [-0.39, 0.29) is 0 Å². The lowest BCUT2D eigenvalue weighted by Crippen LogP contribution is -2.58. The minimum Gasteiger partial charge on any atom is -0.357 e. The van der Waals surface area contributed by atoms with Crippen molar-refractivity contribution in [3.63, 3.8) is 0 Å². The van der Waals surface area contributed by atoms with Crippen molar-refractivity contribution in [1.82, 2.24) is 69.1 Å². The Morgan fingerprint density at radius 3 is 0.431 bits per heavy atom. The van der Waals surface area contributed by atoms with E-state index in [0.29, 0.717) is 0 Å². The van der Waals surface area contributed by atoms with Crippen molar-refractivity contribution in [2.24, 2.45) is 0 Å². The third-order valence-corrected chi connectivity index (χ3v) is 9.33. The molecule has 0 radical (unpaired) electrons. The van der Waals surface area contributed by atoms with Gasteiger partial charge in [-0.3, -0.25) is 62.3 Å². The molecule has 26 heteroatoms. The van der Waals surface area contributed by atoms with Crippen molar-refractivity contribution in [3.05, 3.63) is 0 Å². The van der Waals surface area contributed by atoms with Crippen LogP contribution in [-0.2, 0) is 62.3 Å². The van der Waals surface area contributed by atoms with Crippen LogP contribution in [0, 0.1) is 0 Å². The van der Waals surface area contributed by atoms with E-state index in [9.17, 15) is 62.3 Å². The van der Waals surface area contributed by atoms with Crippen molar-refractivity contribution >= 4 is 76.8 Å². The number of hydrogen-bond acceptors (Lipinski definition) is 13. The van der Waals surface area contributed by atoms with Crippen LogP contribution in [0.3, 0.4) is 0 Å². The van der Waals surface area contributed by atoms with Gasteiger partial charge >= 0.3 is 0 Å². The van der Waals surface area contributed by atoms with E-state index in [0.717, 1.165) is 0 Å². The van der Waals surface area contributed by atoms with Gasteiger partial charge in [0.15, 0.2) is 0 Å². The fraction of sp³-hybridized carbons (Fsp3) is 0.667. The second kappa shape index (κ2) is 27.3. The maximum Gasteiger partial charge on any atom is 0.242 e. The molecule has 0 aromatic heterocycles. The molecule has 0 aromatic rings. The minimum absolute atomic E-state index is 0.442. The lowest BCUT2D eigenvalue weighted by Gasteiger charge is -2.24. The molecule has 0 aliphatic carbocycles. The van der Waals surface area contributed by atoms with E-state index in [1.165, 1.54) is 97.1 Å². The molecule has 0 saturated heterocycles. The first kappa shape index (κ1) is 58.1. The molecule has 0 spiro atoms. The summed E-state index contributed by atoms with van der Waals surface area (Å²) in [7, 11) is 1.40. The third-order valence-electron chi connectivity index (χ3n) is 9.33. The summed E-state index contributed by atoms with van der Waals surface area (Å²) in [5, 5.41) is 31.1. The van der Waals surface area contributed by atoms with Gasteiger partial charge < -0.3 is 69.1 Å². The summed E-state index contributed by atoms with van der Waals surface area (Å²) in [5.41, 5.74) is 0. The van der Waals surface area contributed by atoms with Crippen LogP contribution in [0.1, 0.15) is 90.0 Å². The lowest BCUT2D eigenvalue weighted by molar-refractivity contribution is -0.135. The number of hydrogen-bond donors (Lipinski definition) is 13. The maximum absolute atomic E-state index is 12.8. The molecule has 0 saturated carbocycles. The van der Waals surface area contributed by atoms with Crippen LogP contribution in [0.5, 0.6) is 0 Å². The molecule has 0 aliphatic heterocycles. The van der Waals surface area contributed by atoms with E-state index in [2.05, 4.69) is 69.1 Å². The molecule has 0 aliphatic rings. The molecule has 12 atom stereocenters. The molecule has 0 heterocycles. The molecule has 13 amide bonds. The van der Waals surface area contributed by atoms with E-state index in [4.69, 9.17) is 0 Å².